The van der Waals surface area contributed by atoms with Crippen LogP contribution in [0.1, 0.15) is 0 Å². The van der Waals surface area contributed by atoms with E-state index < -0.39 is 0 Å². The SMILES string of the molecule is F.F.F.F.F.F.[Ir]. The third kappa shape index (κ3) is 2120. The van der Waals surface area contributed by atoms with E-state index in [1.54, 1.807) is 0 Å². The Morgan fingerprint density at radius 3 is 0.286 bits per heavy atom. The zero-order valence-corrected chi connectivity index (χ0v) is 5.18. The monoisotopic (exact) mass is 313 g/mol. The van der Waals surface area contributed by atoms with Crippen molar-refractivity contribution in [2.75, 3.05) is 0 Å². The summed E-state index contributed by atoms with van der Waals surface area (Å²) < 4.78 is 0. The van der Waals surface area contributed by atoms with Gasteiger partial charge in [0.2, 0.25) is 0 Å². The molecule has 0 fully saturated rings. The van der Waals surface area contributed by atoms with E-state index in [4.69, 9.17) is 0 Å². The molecule has 0 saturated heterocycles. The second kappa shape index (κ2) is 3240. The van der Waals surface area contributed by atoms with Crippen molar-refractivity contribution in [2.24, 2.45) is 0 Å². The minimum Gasteiger partial charge on any atom is -0.269 e. The summed E-state index contributed by atoms with van der Waals surface area (Å²) in [5.41, 5.74) is 0. The molecule has 1 radical (unpaired) electrons. The quantitative estimate of drug-likeness (QED) is 0.584. The molecule has 0 aromatic carbocycles. The molecule has 0 nitrogen and oxygen atoms in total. The Balaban J connectivity index is 0. The summed E-state index contributed by atoms with van der Waals surface area (Å²) in [6.45, 7) is 0. The Morgan fingerprint density at radius 2 is 0.286 bits per heavy atom. The van der Waals surface area contributed by atoms with E-state index in [9.17, 15) is 0 Å². The smallest absolute Gasteiger partial charge is 0 e. The van der Waals surface area contributed by atoms with Gasteiger partial charge in [-0.3, -0.25) is 28.2 Å². The van der Waals surface area contributed by atoms with Crippen LogP contribution < -0.4 is 0 Å². The molecular formula is H6F6Ir. The maximum Gasteiger partial charge on any atom is 0 e. The van der Waals surface area contributed by atoms with Crippen LogP contribution in [0.3, 0.4) is 0 Å². The molecule has 0 aliphatic rings. The van der Waals surface area contributed by atoms with Crippen LogP contribution >= 0.6 is 0 Å². The first-order valence-electron chi connectivity index (χ1n) is 0. The minimum atomic E-state index is 0. The molecule has 7 heavy (non-hydrogen) atoms. The average molecular weight is 312 g/mol. The van der Waals surface area contributed by atoms with Crippen molar-refractivity contribution < 1.29 is 48.3 Å². The first-order chi connectivity index (χ1) is 0. The Hall–Kier alpha value is 0.229. The topological polar surface area (TPSA) is 0 Å². The zero-order chi connectivity index (χ0) is 0. The van der Waals surface area contributed by atoms with Crippen molar-refractivity contribution in [3.8, 4) is 0 Å². The number of hydrogen-bond acceptors (Lipinski definition) is 0. The van der Waals surface area contributed by atoms with Crippen molar-refractivity contribution >= 4 is 0 Å². The summed E-state index contributed by atoms with van der Waals surface area (Å²) in [4.78, 5) is 0. The van der Waals surface area contributed by atoms with Gasteiger partial charge in [-0.05, 0) is 0 Å². The van der Waals surface area contributed by atoms with Crippen LogP contribution in [0.2, 0.25) is 0 Å². The molecule has 0 amide bonds. The van der Waals surface area contributed by atoms with Crippen LogP contribution in [0.25, 0.3) is 0 Å². The zero-order valence-electron chi connectivity index (χ0n) is 2.78. The van der Waals surface area contributed by atoms with Crippen LogP contribution in [-0.2, 0) is 20.1 Å². The number of rotatable bonds is 0. The largest absolute Gasteiger partial charge is 0.269 e. The van der Waals surface area contributed by atoms with E-state index in [-0.39, 0.29) is 48.3 Å². The molecule has 0 rings (SSSR count). The summed E-state index contributed by atoms with van der Waals surface area (Å²) >= 11 is 0. The first kappa shape index (κ1) is 5330. The third-order valence-corrected chi connectivity index (χ3v) is 0. The molecule has 0 aliphatic heterocycles. The van der Waals surface area contributed by atoms with Gasteiger partial charge in [0.1, 0.15) is 0 Å². The van der Waals surface area contributed by atoms with Gasteiger partial charge in [-0.2, -0.15) is 0 Å². The fourth-order valence-electron chi connectivity index (χ4n) is 0. The van der Waals surface area contributed by atoms with Crippen LogP contribution in [-0.4, -0.2) is 0 Å². The van der Waals surface area contributed by atoms with Gasteiger partial charge in [0.15, 0.2) is 0 Å². The fraction of sp³-hybridized carbons (Fsp3) is 0. The maximum absolute atomic E-state index is 0. The van der Waals surface area contributed by atoms with Gasteiger partial charge >= 0.3 is 0 Å². The predicted octanol–water partition coefficient (Wildman–Crippen LogP) is 0.912. The van der Waals surface area contributed by atoms with E-state index >= 15 is 0 Å². The summed E-state index contributed by atoms with van der Waals surface area (Å²) in [5.74, 6) is 0. The van der Waals surface area contributed by atoms with Gasteiger partial charge in [-0.15, -0.1) is 0 Å². The third-order valence-electron chi connectivity index (χ3n) is 0. The van der Waals surface area contributed by atoms with E-state index in [2.05, 4.69) is 0 Å². The Labute approximate surface area is 49.2 Å². The molecule has 0 bridgehead atoms. The van der Waals surface area contributed by atoms with Crippen molar-refractivity contribution in [1.29, 1.82) is 0 Å². The molecule has 0 atom stereocenters. The molecule has 0 aliphatic carbocycles. The van der Waals surface area contributed by atoms with E-state index in [1.807, 2.05) is 0 Å². The van der Waals surface area contributed by atoms with Crippen LogP contribution in [0, 0.1) is 0 Å². The normalized spacial score (nSPS) is 0. The number of hydrogen-bond donors (Lipinski definition) is 0. The van der Waals surface area contributed by atoms with Crippen molar-refractivity contribution in [2.45, 2.75) is 0 Å². The Kier molecular flexibility index (Phi) is 2470000. The fourth-order valence-corrected chi connectivity index (χ4v) is 0. The van der Waals surface area contributed by atoms with Crippen LogP contribution in [0.5, 0.6) is 0 Å². The molecule has 0 aromatic rings. The molecule has 57 valence electrons. The predicted molar refractivity (Wildman–Crippen MR) is 15.0 cm³/mol. The van der Waals surface area contributed by atoms with Gasteiger partial charge in [0, 0.05) is 20.1 Å². The van der Waals surface area contributed by atoms with Crippen LogP contribution in [0.15, 0.2) is 0 Å². The van der Waals surface area contributed by atoms with Crippen LogP contribution in [0.4, 0.5) is 28.2 Å². The minimum absolute atomic E-state index is 0. The second-order valence-electron chi connectivity index (χ2n) is 0. The first-order valence-corrected chi connectivity index (χ1v) is 0. The average Bonchev–Trinajstić information content (AvgIpc) is 0. The molecular weight excluding hydrogens is 306 g/mol. The summed E-state index contributed by atoms with van der Waals surface area (Å²) in [7, 11) is 0. The summed E-state index contributed by atoms with van der Waals surface area (Å²) in [6.07, 6.45) is 0. The maximum atomic E-state index is 0. The van der Waals surface area contributed by atoms with Crippen molar-refractivity contribution in [1.82, 2.24) is 0 Å². The summed E-state index contributed by atoms with van der Waals surface area (Å²) in [5, 5.41) is 0. The molecule has 0 spiro atoms. The van der Waals surface area contributed by atoms with Gasteiger partial charge in [0.05, 0.1) is 0 Å². The van der Waals surface area contributed by atoms with Crippen molar-refractivity contribution in [3.05, 3.63) is 0 Å². The van der Waals surface area contributed by atoms with Gasteiger partial charge in [0.25, 0.3) is 0 Å². The van der Waals surface area contributed by atoms with Gasteiger partial charge < -0.3 is 0 Å². The molecule has 0 aromatic heterocycles. The Bertz CT molecular complexity index is 4.14. The molecule has 0 heterocycles. The second-order valence-corrected chi connectivity index (χ2v) is 0. The molecule has 0 N–H and O–H groups in total. The van der Waals surface area contributed by atoms with Gasteiger partial charge in [-0.25, -0.2) is 0 Å². The van der Waals surface area contributed by atoms with E-state index in [0.29, 0.717) is 0 Å². The molecule has 0 saturated carbocycles. The Morgan fingerprint density at radius 1 is 0.286 bits per heavy atom. The summed E-state index contributed by atoms with van der Waals surface area (Å²) in [6, 6.07) is 0. The van der Waals surface area contributed by atoms with Gasteiger partial charge in [-0.1, -0.05) is 0 Å². The van der Waals surface area contributed by atoms with Crippen molar-refractivity contribution in [3.63, 3.8) is 0 Å². The van der Waals surface area contributed by atoms with E-state index in [1.165, 1.54) is 0 Å². The van der Waals surface area contributed by atoms with E-state index in [0.717, 1.165) is 0 Å². The number of halogens is 6. The standard InChI is InChI=1S/6FH.Ir/h6*1H;. The molecule has 7 heteroatoms. The molecule has 0 unspecified atom stereocenters.